The number of carbonyl (C=O) groups is 2. The minimum absolute atomic E-state index is 0.00118. The number of hydrogen-bond donors (Lipinski definition) is 2. The van der Waals surface area contributed by atoms with E-state index in [4.69, 9.17) is 27.9 Å². The summed E-state index contributed by atoms with van der Waals surface area (Å²) in [6.45, 7) is 1.51. The van der Waals surface area contributed by atoms with E-state index in [-0.39, 0.29) is 17.3 Å². The highest BCUT2D eigenvalue weighted by molar-refractivity contribution is 6.35. The summed E-state index contributed by atoms with van der Waals surface area (Å²) in [6, 6.07) is 10.1. The average molecular weight is 385 g/mol. The van der Waals surface area contributed by atoms with Crippen molar-refractivity contribution < 1.29 is 18.7 Å². The van der Waals surface area contributed by atoms with Crippen molar-refractivity contribution in [2.45, 2.75) is 19.4 Å². The van der Waals surface area contributed by atoms with E-state index in [0.717, 1.165) is 0 Å². The zero-order chi connectivity index (χ0) is 18.4. The normalized spacial score (nSPS) is 11.5. The number of nitrogens with one attached hydrogen (secondary N) is 2. The standard InChI is InChI=1S/C17H15Cl2FN2O3/c1-10(25-15-7-4-12(18)9-14(15)19)17(24)22-21-16(23)8-11-2-5-13(20)6-3-11/h2-7,9-10H,8H2,1H3,(H,21,23)(H,22,24). The monoisotopic (exact) mass is 384 g/mol. The van der Waals surface area contributed by atoms with Crippen LogP contribution in [-0.4, -0.2) is 17.9 Å². The van der Waals surface area contributed by atoms with E-state index in [2.05, 4.69) is 10.9 Å². The van der Waals surface area contributed by atoms with Crippen molar-refractivity contribution in [1.29, 1.82) is 0 Å². The SMILES string of the molecule is CC(Oc1ccc(Cl)cc1Cl)C(=O)NNC(=O)Cc1ccc(F)cc1. The van der Waals surface area contributed by atoms with Crippen LogP contribution in [0, 0.1) is 5.82 Å². The smallest absolute Gasteiger partial charge is 0.279 e. The van der Waals surface area contributed by atoms with Gasteiger partial charge in [-0.05, 0) is 42.8 Å². The topological polar surface area (TPSA) is 67.4 Å². The van der Waals surface area contributed by atoms with Crippen LogP contribution < -0.4 is 15.6 Å². The van der Waals surface area contributed by atoms with Gasteiger partial charge in [0, 0.05) is 5.02 Å². The van der Waals surface area contributed by atoms with E-state index in [0.29, 0.717) is 16.3 Å². The van der Waals surface area contributed by atoms with Crippen LogP contribution in [0.2, 0.25) is 10.0 Å². The summed E-state index contributed by atoms with van der Waals surface area (Å²) >= 11 is 11.8. The van der Waals surface area contributed by atoms with Gasteiger partial charge in [0.1, 0.15) is 11.6 Å². The van der Waals surface area contributed by atoms with E-state index < -0.39 is 17.9 Å². The highest BCUT2D eigenvalue weighted by Crippen LogP contribution is 2.28. The fourth-order valence-corrected chi connectivity index (χ4v) is 2.33. The van der Waals surface area contributed by atoms with Crippen molar-refractivity contribution in [2.24, 2.45) is 0 Å². The van der Waals surface area contributed by atoms with Crippen LogP contribution in [-0.2, 0) is 16.0 Å². The van der Waals surface area contributed by atoms with Gasteiger partial charge in [0.25, 0.3) is 5.91 Å². The minimum atomic E-state index is -0.898. The molecule has 0 radical (unpaired) electrons. The Hall–Kier alpha value is -2.31. The molecule has 2 rings (SSSR count). The molecule has 132 valence electrons. The molecule has 2 amide bonds. The summed E-state index contributed by atoms with van der Waals surface area (Å²) in [5.74, 6) is -1.09. The molecule has 0 spiro atoms. The molecule has 0 aromatic heterocycles. The molecule has 1 unspecified atom stereocenters. The Balaban J connectivity index is 1.82. The third kappa shape index (κ3) is 5.92. The van der Waals surface area contributed by atoms with Gasteiger partial charge in [0.2, 0.25) is 5.91 Å². The van der Waals surface area contributed by atoms with Gasteiger partial charge in [-0.1, -0.05) is 35.3 Å². The van der Waals surface area contributed by atoms with Crippen molar-refractivity contribution in [1.82, 2.24) is 10.9 Å². The number of hydrogen-bond acceptors (Lipinski definition) is 3. The second-order valence-corrected chi connectivity index (χ2v) is 6.02. The van der Waals surface area contributed by atoms with E-state index >= 15 is 0 Å². The molecule has 2 N–H and O–H groups in total. The van der Waals surface area contributed by atoms with E-state index in [1.165, 1.54) is 37.3 Å². The number of carbonyl (C=O) groups excluding carboxylic acids is 2. The zero-order valence-electron chi connectivity index (χ0n) is 13.2. The summed E-state index contributed by atoms with van der Waals surface area (Å²) in [5, 5.41) is 0.718. The lowest BCUT2D eigenvalue weighted by Crippen LogP contribution is -2.47. The lowest BCUT2D eigenvalue weighted by Gasteiger charge is -2.16. The zero-order valence-corrected chi connectivity index (χ0v) is 14.7. The first-order chi connectivity index (χ1) is 11.8. The largest absolute Gasteiger partial charge is 0.479 e. The number of ether oxygens (including phenoxy) is 1. The minimum Gasteiger partial charge on any atom is -0.479 e. The van der Waals surface area contributed by atoms with Crippen LogP contribution >= 0.6 is 23.2 Å². The highest BCUT2D eigenvalue weighted by atomic mass is 35.5. The Labute approximate surface area is 154 Å². The first-order valence-electron chi connectivity index (χ1n) is 7.30. The predicted molar refractivity (Wildman–Crippen MR) is 92.9 cm³/mol. The number of benzene rings is 2. The molecule has 1 atom stereocenters. The average Bonchev–Trinajstić information content (AvgIpc) is 2.57. The Morgan fingerprint density at radius 1 is 1.12 bits per heavy atom. The summed E-state index contributed by atoms with van der Waals surface area (Å²) in [6.07, 6.45) is -0.900. The number of halogens is 3. The lowest BCUT2D eigenvalue weighted by atomic mass is 10.1. The van der Waals surface area contributed by atoms with Crippen molar-refractivity contribution in [3.63, 3.8) is 0 Å². The molecule has 0 fully saturated rings. The third-order valence-electron chi connectivity index (χ3n) is 3.17. The van der Waals surface area contributed by atoms with Gasteiger partial charge in [-0.2, -0.15) is 0 Å². The fourth-order valence-electron chi connectivity index (χ4n) is 1.88. The maximum atomic E-state index is 12.8. The van der Waals surface area contributed by atoms with Crippen LogP contribution in [0.4, 0.5) is 4.39 Å². The van der Waals surface area contributed by atoms with Crippen LogP contribution in [0.25, 0.3) is 0 Å². The molecule has 0 aliphatic rings. The molecular formula is C17H15Cl2FN2O3. The van der Waals surface area contributed by atoms with Crippen molar-refractivity contribution in [3.05, 3.63) is 63.9 Å². The van der Waals surface area contributed by atoms with Crippen molar-refractivity contribution in [3.8, 4) is 5.75 Å². The van der Waals surface area contributed by atoms with Crippen LogP contribution in [0.15, 0.2) is 42.5 Å². The van der Waals surface area contributed by atoms with Gasteiger partial charge < -0.3 is 4.74 Å². The quantitative estimate of drug-likeness (QED) is 0.777. The second-order valence-electron chi connectivity index (χ2n) is 5.18. The second kappa shape index (κ2) is 8.69. The molecule has 0 heterocycles. The van der Waals surface area contributed by atoms with Crippen molar-refractivity contribution >= 4 is 35.0 Å². The van der Waals surface area contributed by atoms with E-state index in [1.54, 1.807) is 12.1 Å². The Kier molecular flexibility index (Phi) is 6.61. The molecular weight excluding hydrogens is 370 g/mol. The van der Waals surface area contributed by atoms with Crippen LogP contribution in [0.5, 0.6) is 5.75 Å². The number of hydrazine groups is 1. The molecule has 0 aliphatic carbocycles. The summed E-state index contributed by atoms with van der Waals surface area (Å²) in [5.41, 5.74) is 5.14. The van der Waals surface area contributed by atoms with Gasteiger partial charge in [0.15, 0.2) is 6.10 Å². The molecule has 25 heavy (non-hydrogen) atoms. The van der Waals surface area contributed by atoms with Crippen LogP contribution in [0.1, 0.15) is 12.5 Å². The first kappa shape index (κ1) is 19.0. The Morgan fingerprint density at radius 2 is 1.80 bits per heavy atom. The van der Waals surface area contributed by atoms with Gasteiger partial charge in [-0.25, -0.2) is 4.39 Å². The van der Waals surface area contributed by atoms with Gasteiger partial charge in [-0.15, -0.1) is 0 Å². The van der Waals surface area contributed by atoms with E-state index in [9.17, 15) is 14.0 Å². The fraction of sp³-hybridized carbons (Fsp3) is 0.176. The first-order valence-corrected chi connectivity index (χ1v) is 8.05. The molecule has 0 aliphatic heterocycles. The molecule has 0 saturated carbocycles. The van der Waals surface area contributed by atoms with Gasteiger partial charge in [-0.3, -0.25) is 20.4 Å². The van der Waals surface area contributed by atoms with Crippen molar-refractivity contribution in [2.75, 3.05) is 0 Å². The van der Waals surface area contributed by atoms with Gasteiger partial charge in [0.05, 0.1) is 11.4 Å². The molecule has 5 nitrogen and oxygen atoms in total. The van der Waals surface area contributed by atoms with E-state index in [1.807, 2.05) is 0 Å². The van der Waals surface area contributed by atoms with Gasteiger partial charge >= 0.3 is 0 Å². The summed E-state index contributed by atoms with van der Waals surface area (Å²) in [7, 11) is 0. The number of rotatable bonds is 5. The third-order valence-corrected chi connectivity index (χ3v) is 3.70. The molecule has 0 saturated heterocycles. The summed E-state index contributed by atoms with van der Waals surface area (Å²) < 4.78 is 18.2. The Morgan fingerprint density at radius 3 is 2.44 bits per heavy atom. The molecule has 2 aromatic rings. The predicted octanol–water partition coefficient (Wildman–Crippen LogP) is 3.29. The lowest BCUT2D eigenvalue weighted by molar-refractivity contribution is -0.132. The molecule has 0 bridgehead atoms. The maximum absolute atomic E-state index is 12.8. The Bertz CT molecular complexity index is 769. The maximum Gasteiger partial charge on any atom is 0.279 e. The molecule has 2 aromatic carbocycles. The highest BCUT2D eigenvalue weighted by Gasteiger charge is 2.17. The van der Waals surface area contributed by atoms with Crippen LogP contribution in [0.3, 0.4) is 0 Å². The summed E-state index contributed by atoms with van der Waals surface area (Å²) in [4.78, 5) is 23.7. The molecule has 8 heteroatoms. The number of amides is 2.